The number of hydrazine groups is 1. The molecular formula is C36H42N4O2S. The van der Waals surface area contributed by atoms with Crippen molar-refractivity contribution in [1.82, 2.24) is 20.0 Å². The first kappa shape index (κ1) is 26.7. The summed E-state index contributed by atoms with van der Waals surface area (Å²) in [5, 5.41) is 7.69. The lowest BCUT2D eigenvalue weighted by Crippen LogP contribution is -2.76. The Morgan fingerprint density at radius 2 is 1.67 bits per heavy atom. The Hall–Kier alpha value is -2.71. The number of piperidine rings is 1. The molecule has 10 rings (SSSR count). The molecule has 4 aromatic rings. The SMILES string of the molecule is c1ccc(C2(c3cccs3)N(N3CCOCC3)CCC(c3ccc[nH]3)C2(c2ccco2)C23CC4CC(CC(C4)C2)C3)nc1. The minimum absolute atomic E-state index is 0.0713. The molecule has 2 saturated heterocycles. The summed E-state index contributed by atoms with van der Waals surface area (Å²) in [5.74, 6) is 3.78. The van der Waals surface area contributed by atoms with Crippen LogP contribution in [-0.2, 0) is 15.7 Å². The first-order valence-electron chi connectivity index (χ1n) is 16.5. The summed E-state index contributed by atoms with van der Waals surface area (Å²) in [5.41, 5.74) is 1.61. The average molecular weight is 595 g/mol. The molecule has 6 nitrogen and oxygen atoms in total. The number of aromatic nitrogens is 2. The summed E-state index contributed by atoms with van der Waals surface area (Å²) < 4.78 is 12.9. The second-order valence-electron chi connectivity index (χ2n) is 14.0. The summed E-state index contributed by atoms with van der Waals surface area (Å²) in [4.78, 5) is 10.5. The number of morpholine rings is 1. The van der Waals surface area contributed by atoms with E-state index in [2.05, 4.69) is 81.2 Å². The van der Waals surface area contributed by atoms with Gasteiger partial charge in [-0.05, 0) is 116 Å². The van der Waals surface area contributed by atoms with E-state index in [0.29, 0.717) is 0 Å². The highest BCUT2D eigenvalue weighted by atomic mass is 32.1. The van der Waals surface area contributed by atoms with Crippen LogP contribution in [0.5, 0.6) is 0 Å². The lowest BCUT2D eigenvalue weighted by atomic mass is 9.35. The fourth-order valence-corrected chi connectivity index (χ4v) is 12.5. The fourth-order valence-electron chi connectivity index (χ4n) is 11.5. The molecule has 3 unspecified atom stereocenters. The van der Waals surface area contributed by atoms with Crippen molar-refractivity contribution in [3.8, 4) is 0 Å². The van der Waals surface area contributed by atoms with E-state index in [1.807, 2.05) is 23.8 Å². The van der Waals surface area contributed by atoms with Gasteiger partial charge >= 0.3 is 0 Å². The zero-order valence-corrected chi connectivity index (χ0v) is 25.7. The number of furan rings is 1. The van der Waals surface area contributed by atoms with Crippen LogP contribution in [0.4, 0.5) is 0 Å². The molecule has 0 amide bonds. The van der Waals surface area contributed by atoms with Gasteiger partial charge in [-0.2, -0.15) is 0 Å². The van der Waals surface area contributed by atoms with Crippen molar-refractivity contribution in [2.75, 3.05) is 32.8 Å². The minimum atomic E-state index is -0.558. The monoisotopic (exact) mass is 594 g/mol. The topological polar surface area (TPSA) is 57.5 Å². The van der Waals surface area contributed by atoms with Crippen LogP contribution in [0.3, 0.4) is 0 Å². The lowest BCUT2D eigenvalue weighted by molar-refractivity contribution is -0.237. The van der Waals surface area contributed by atoms with Gasteiger partial charge in [0, 0.05) is 48.5 Å². The lowest BCUT2D eigenvalue weighted by Gasteiger charge is -2.73. The molecule has 224 valence electrons. The molecule has 0 aromatic carbocycles. The number of nitrogens with zero attached hydrogens (tertiary/aromatic N) is 3. The molecule has 6 aliphatic rings. The van der Waals surface area contributed by atoms with Crippen LogP contribution in [0, 0.1) is 23.2 Å². The Balaban J connectivity index is 1.44. The van der Waals surface area contributed by atoms with Gasteiger partial charge in [0.1, 0.15) is 11.3 Å². The smallest absolute Gasteiger partial charge is 0.125 e. The maximum absolute atomic E-state index is 6.90. The van der Waals surface area contributed by atoms with Crippen molar-refractivity contribution in [2.24, 2.45) is 23.2 Å². The molecular weight excluding hydrogens is 552 g/mol. The Kier molecular flexibility index (Phi) is 6.30. The van der Waals surface area contributed by atoms with E-state index in [-0.39, 0.29) is 16.7 Å². The molecule has 2 aliphatic heterocycles. The van der Waals surface area contributed by atoms with Crippen LogP contribution in [0.15, 0.2) is 83.1 Å². The molecule has 43 heavy (non-hydrogen) atoms. The third-order valence-electron chi connectivity index (χ3n) is 12.1. The molecule has 1 N–H and O–H groups in total. The summed E-state index contributed by atoms with van der Waals surface area (Å²) in [6, 6.07) is 20.3. The fraction of sp³-hybridized carbons (Fsp3) is 0.528. The second-order valence-corrected chi connectivity index (χ2v) is 15.0. The molecule has 0 radical (unpaired) electrons. The van der Waals surface area contributed by atoms with Crippen molar-refractivity contribution in [3.63, 3.8) is 0 Å². The van der Waals surface area contributed by atoms with E-state index >= 15 is 0 Å². The first-order chi connectivity index (χ1) is 21.2. The minimum Gasteiger partial charge on any atom is -0.469 e. The van der Waals surface area contributed by atoms with Crippen LogP contribution in [-0.4, -0.2) is 52.8 Å². The molecule has 6 fully saturated rings. The normalized spacial score (nSPS) is 38.0. The van der Waals surface area contributed by atoms with Crippen molar-refractivity contribution in [1.29, 1.82) is 0 Å². The van der Waals surface area contributed by atoms with E-state index in [1.165, 1.54) is 49.1 Å². The number of ether oxygens (including phenoxy) is 1. The Morgan fingerprint density at radius 3 is 2.30 bits per heavy atom. The van der Waals surface area contributed by atoms with Crippen molar-refractivity contribution in [3.05, 3.63) is 101 Å². The van der Waals surface area contributed by atoms with Crippen molar-refractivity contribution in [2.45, 2.75) is 61.8 Å². The summed E-state index contributed by atoms with van der Waals surface area (Å²) in [7, 11) is 0. The summed E-state index contributed by atoms with van der Waals surface area (Å²) in [6.07, 6.45) is 15.2. The van der Waals surface area contributed by atoms with Gasteiger partial charge < -0.3 is 14.1 Å². The number of aromatic amines is 1. The van der Waals surface area contributed by atoms with Crippen LogP contribution in [0.25, 0.3) is 0 Å². The predicted molar refractivity (Wildman–Crippen MR) is 168 cm³/mol. The van der Waals surface area contributed by atoms with Gasteiger partial charge in [0.2, 0.25) is 0 Å². The van der Waals surface area contributed by atoms with Crippen LogP contribution in [0.1, 0.15) is 72.9 Å². The van der Waals surface area contributed by atoms with Crippen molar-refractivity contribution >= 4 is 11.3 Å². The quantitative estimate of drug-likeness (QED) is 0.256. The second kappa shape index (κ2) is 10.2. The van der Waals surface area contributed by atoms with Gasteiger partial charge in [0.25, 0.3) is 0 Å². The average Bonchev–Trinajstić information content (AvgIpc) is 3.85. The number of nitrogens with one attached hydrogen (secondary N) is 1. The van der Waals surface area contributed by atoms with E-state index < -0.39 is 5.54 Å². The molecule has 4 saturated carbocycles. The van der Waals surface area contributed by atoms with Crippen LogP contribution in [0.2, 0.25) is 0 Å². The van der Waals surface area contributed by atoms with E-state index in [0.717, 1.165) is 68.5 Å². The Labute approximate surface area is 258 Å². The van der Waals surface area contributed by atoms with Crippen molar-refractivity contribution < 1.29 is 9.15 Å². The summed E-state index contributed by atoms with van der Waals surface area (Å²) >= 11 is 1.90. The van der Waals surface area contributed by atoms with E-state index in [9.17, 15) is 0 Å². The number of H-pyrrole nitrogens is 1. The maximum atomic E-state index is 6.90. The maximum Gasteiger partial charge on any atom is 0.125 e. The molecule has 4 aliphatic carbocycles. The molecule has 4 aromatic heterocycles. The van der Waals surface area contributed by atoms with Gasteiger partial charge in [0.05, 0.1) is 30.6 Å². The molecule has 6 heterocycles. The van der Waals surface area contributed by atoms with Gasteiger partial charge in [-0.25, -0.2) is 10.0 Å². The molecule has 3 atom stereocenters. The largest absolute Gasteiger partial charge is 0.469 e. The summed E-state index contributed by atoms with van der Waals surface area (Å²) in [6.45, 7) is 4.24. The predicted octanol–water partition coefficient (Wildman–Crippen LogP) is 7.20. The third-order valence-corrected chi connectivity index (χ3v) is 13.1. The van der Waals surface area contributed by atoms with Gasteiger partial charge in [-0.3, -0.25) is 4.98 Å². The Morgan fingerprint density at radius 1 is 0.860 bits per heavy atom. The highest BCUT2D eigenvalue weighted by molar-refractivity contribution is 7.10. The molecule has 7 heteroatoms. The number of rotatable bonds is 6. The zero-order chi connectivity index (χ0) is 28.5. The number of pyridine rings is 1. The van der Waals surface area contributed by atoms with Gasteiger partial charge in [-0.15, -0.1) is 11.3 Å². The highest BCUT2D eigenvalue weighted by Crippen LogP contribution is 2.76. The van der Waals surface area contributed by atoms with Gasteiger partial charge in [-0.1, -0.05) is 12.1 Å². The van der Waals surface area contributed by atoms with E-state index in [4.69, 9.17) is 14.1 Å². The Bertz CT molecular complexity index is 1480. The third kappa shape index (κ3) is 3.65. The standard InChI is InChI=1S/C36H42N4O2S/c1-2-11-38-31(7-1)36(33-9-5-19-43-33)35(32-8-4-16-42-32,34-23-26-20-27(24-34)22-28(21-26)25-34)29(30-6-3-12-37-30)10-13-40(36)39-14-17-41-18-15-39/h1-9,11-12,16,19,26-29,37H,10,13-15,17-18,20-25H2. The first-order valence-corrected chi connectivity index (χ1v) is 17.4. The molecule has 4 bridgehead atoms. The van der Waals surface area contributed by atoms with Crippen LogP contribution >= 0.6 is 11.3 Å². The molecule has 0 spiro atoms. The zero-order valence-electron chi connectivity index (χ0n) is 24.9. The number of hydrogen-bond acceptors (Lipinski definition) is 6. The highest BCUT2D eigenvalue weighted by Gasteiger charge is 2.77. The van der Waals surface area contributed by atoms with Crippen LogP contribution < -0.4 is 0 Å². The van der Waals surface area contributed by atoms with E-state index in [1.54, 1.807) is 0 Å². The number of thiophene rings is 1. The number of hydrogen-bond donors (Lipinski definition) is 1. The van der Waals surface area contributed by atoms with Gasteiger partial charge in [0.15, 0.2) is 0 Å².